The fourth-order valence-corrected chi connectivity index (χ4v) is 3.76. The molecule has 4 aromatic rings. The lowest BCUT2D eigenvalue weighted by atomic mass is 10.0. The summed E-state index contributed by atoms with van der Waals surface area (Å²) in [4.78, 5) is 18.1. The molecular weight excluding hydrogens is 416 g/mol. The van der Waals surface area contributed by atoms with Crippen molar-refractivity contribution in [1.82, 2.24) is 9.38 Å². The van der Waals surface area contributed by atoms with Gasteiger partial charge in [-0.15, -0.1) is 0 Å². The van der Waals surface area contributed by atoms with Gasteiger partial charge in [-0.25, -0.2) is 4.98 Å². The molecule has 2 aromatic heterocycles. The minimum Gasteiger partial charge on any atom is -0.508 e. The summed E-state index contributed by atoms with van der Waals surface area (Å²) >= 11 is 0. The minimum atomic E-state index is -0.179. The van der Waals surface area contributed by atoms with Gasteiger partial charge < -0.3 is 14.6 Å². The second-order valence-corrected chi connectivity index (χ2v) is 8.12. The maximum Gasteiger partial charge on any atom is 0.266 e. The Balaban J connectivity index is 1.62. The van der Waals surface area contributed by atoms with Crippen molar-refractivity contribution < 1.29 is 14.6 Å². The van der Waals surface area contributed by atoms with Crippen LogP contribution in [-0.4, -0.2) is 28.2 Å². The summed E-state index contributed by atoms with van der Waals surface area (Å²) in [5, 5.41) is 9.70. The molecule has 0 amide bonds. The van der Waals surface area contributed by atoms with Crippen molar-refractivity contribution in [2.75, 3.05) is 13.7 Å². The van der Waals surface area contributed by atoms with E-state index in [9.17, 15) is 9.90 Å². The van der Waals surface area contributed by atoms with Gasteiger partial charge in [0.25, 0.3) is 5.56 Å². The molecule has 1 fully saturated rings. The van der Waals surface area contributed by atoms with Gasteiger partial charge in [0, 0.05) is 11.8 Å². The van der Waals surface area contributed by atoms with Crippen LogP contribution >= 0.6 is 0 Å². The highest BCUT2D eigenvalue weighted by Gasteiger charge is 2.23. The van der Waals surface area contributed by atoms with Crippen molar-refractivity contribution in [3.8, 4) is 28.4 Å². The molecule has 1 aliphatic rings. The topological polar surface area (TPSA) is 73.1 Å². The molecule has 6 nitrogen and oxygen atoms in total. The zero-order valence-corrected chi connectivity index (χ0v) is 18.3. The van der Waals surface area contributed by atoms with Crippen LogP contribution in [0.25, 0.3) is 28.9 Å². The first kappa shape index (κ1) is 20.8. The number of ether oxygens (including phenoxy) is 2. The number of phenolic OH excluding ortho intramolecular Hbond substituents is 1. The number of fused-ring (bicyclic) bond motifs is 1. The van der Waals surface area contributed by atoms with Gasteiger partial charge >= 0.3 is 0 Å². The standard InChI is InChI=1S/C27H24N2O4/c1-32-23-6-4-5-20(26(23)33-17-18-8-9-18)12-15-22-25(19-10-13-21(30)14-11-19)27(31)29-16-3-2-7-24(29)28-22/h2-7,10-16,18,30H,8-9,17H2,1H3/b15-12+. The fourth-order valence-electron chi connectivity index (χ4n) is 3.76. The van der Waals surface area contributed by atoms with Gasteiger partial charge in [-0.1, -0.05) is 30.3 Å². The van der Waals surface area contributed by atoms with E-state index in [1.807, 2.05) is 36.4 Å². The average molecular weight is 440 g/mol. The maximum absolute atomic E-state index is 13.4. The van der Waals surface area contributed by atoms with Gasteiger partial charge in [0.05, 0.1) is 25.0 Å². The van der Waals surface area contributed by atoms with E-state index in [-0.39, 0.29) is 11.3 Å². The van der Waals surface area contributed by atoms with Crippen molar-refractivity contribution in [2.24, 2.45) is 5.92 Å². The Morgan fingerprint density at radius 1 is 1.06 bits per heavy atom. The SMILES string of the molecule is COc1cccc(/C=C/c2nc3ccccn3c(=O)c2-c2ccc(O)cc2)c1OCC1CC1. The summed E-state index contributed by atoms with van der Waals surface area (Å²) in [6, 6.07) is 17.8. The van der Waals surface area contributed by atoms with Crippen LogP contribution in [0.3, 0.4) is 0 Å². The molecule has 0 atom stereocenters. The van der Waals surface area contributed by atoms with Crippen LogP contribution in [0.1, 0.15) is 24.1 Å². The van der Waals surface area contributed by atoms with Crippen LogP contribution in [0.2, 0.25) is 0 Å². The first-order chi connectivity index (χ1) is 16.1. The number of hydrogen-bond acceptors (Lipinski definition) is 5. The third kappa shape index (κ3) is 4.32. The van der Waals surface area contributed by atoms with Crippen LogP contribution in [-0.2, 0) is 0 Å². The van der Waals surface area contributed by atoms with Crippen LogP contribution in [0.5, 0.6) is 17.2 Å². The largest absolute Gasteiger partial charge is 0.508 e. The number of methoxy groups -OCH3 is 1. The maximum atomic E-state index is 13.4. The molecule has 166 valence electrons. The van der Waals surface area contributed by atoms with Gasteiger partial charge in [0.1, 0.15) is 11.4 Å². The molecule has 1 saturated carbocycles. The van der Waals surface area contributed by atoms with E-state index in [0.29, 0.717) is 46.5 Å². The monoisotopic (exact) mass is 440 g/mol. The summed E-state index contributed by atoms with van der Waals surface area (Å²) < 4.78 is 13.1. The van der Waals surface area contributed by atoms with Crippen molar-refractivity contribution >= 4 is 17.8 Å². The molecular formula is C27H24N2O4. The summed E-state index contributed by atoms with van der Waals surface area (Å²) in [5.74, 6) is 2.10. The van der Waals surface area contributed by atoms with E-state index >= 15 is 0 Å². The number of benzene rings is 2. The predicted octanol–water partition coefficient (Wildman–Crippen LogP) is 5.03. The summed E-state index contributed by atoms with van der Waals surface area (Å²) in [7, 11) is 1.63. The first-order valence-electron chi connectivity index (χ1n) is 10.9. The number of para-hydroxylation sites is 1. The summed E-state index contributed by atoms with van der Waals surface area (Å²) in [5.41, 5.74) is 2.90. The Kier molecular flexibility index (Phi) is 5.57. The summed E-state index contributed by atoms with van der Waals surface area (Å²) in [6.45, 7) is 0.662. The molecule has 5 rings (SSSR count). The number of phenols is 1. The molecule has 0 bridgehead atoms. The number of aromatic hydroxyl groups is 1. The average Bonchev–Trinajstić information content (AvgIpc) is 3.67. The van der Waals surface area contributed by atoms with Crippen molar-refractivity contribution in [2.45, 2.75) is 12.8 Å². The molecule has 6 heteroatoms. The molecule has 1 N–H and O–H groups in total. The van der Waals surface area contributed by atoms with E-state index in [2.05, 4.69) is 0 Å². The van der Waals surface area contributed by atoms with Crippen LogP contribution in [0, 0.1) is 5.92 Å². The van der Waals surface area contributed by atoms with Crippen molar-refractivity contribution in [3.63, 3.8) is 0 Å². The van der Waals surface area contributed by atoms with E-state index in [1.165, 1.54) is 17.2 Å². The van der Waals surface area contributed by atoms with Gasteiger partial charge in [0.15, 0.2) is 11.5 Å². The Morgan fingerprint density at radius 2 is 1.88 bits per heavy atom. The lowest BCUT2D eigenvalue weighted by Gasteiger charge is -2.13. The smallest absolute Gasteiger partial charge is 0.266 e. The number of aromatic nitrogens is 2. The highest BCUT2D eigenvalue weighted by molar-refractivity contribution is 5.81. The van der Waals surface area contributed by atoms with Crippen molar-refractivity contribution in [1.29, 1.82) is 0 Å². The quantitative estimate of drug-likeness (QED) is 0.436. The van der Waals surface area contributed by atoms with E-state index in [0.717, 1.165) is 5.56 Å². The highest BCUT2D eigenvalue weighted by atomic mass is 16.5. The fraction of sp³-hybridized carbons (Fsp3) is 0.185. The Morgan fingerprint density at radius 3 is 2.64 bits per heavy atom. The Bertz CT molecular complexity index is 1390. The number of rotatable bonds is 7. The molecule has 2 heterocycles. The lowest BCUT2D eigenvalue weighted by Crippen LogP contribution is -2.18. The van der Waals surface area contributed by atoms with Gasteiger partial charge in [-0.2, -0.15) is 0 Å². The number of hydrogen-bond donors (Lipinski definition) is 1. The molecule has 2 aromatic carbocycles. The van der Waals surface area contributed by atoms with Gasteiger partial charge in [0.2, 0.25) is 0 Å². The second kappa shape index (κ2) is 8.82. The molecule has 0 unspecified atom stereocenters. The minimum absolute atomic E-state index is 0.138. The molecule has 1 aliphatic carbocycles. The van der Waals surface area contributed by atoms with E-state index in [1.54, 1.807) is 49.7 Å². The third-order valence-electron chi connectivity index (χ3n) is 5.73. The molecule has 0 saturated heterocycles. The van der Waals surface area contributed by atoms with Gasteiger partial charge in [-0.3, -0.25) is 9.20 Å². The highest BCUT2D eigenvalue weighted by Crippen LogP contribution is 2.36. The molecule has 33 heavy (non-hydrogen) atoms. The number of pyridine rings is 1. The zero-order chi connectivity index (χ0) is 22.8. The van der Waals surface area contributed by atoms with Crippen LogP contribution in [0.15, 0.2) is 71.7 Å². The van der Waals surface area contributed by atoms with E-state index < -0.39 is 0 Å². The Hall–Kier alpha value is -4.06. The Labute approximate surface area is 191 Å². The molecule has 0 aliphatic heterocycles. The molecule has 0 radical (unpaired) electrons. The molecule has 0 spiro atoms. The number of nitrogens with zero attached hydrogens (tertiary/aromatic N) is 2. The normalized spacial score (nSPS) is 13.5. The summed E-state index contributed by atoms with van der Waals surface area (Å²) in [6.07, 6.45) is 7.82. The van der Waals surface area contributed by atoms with Crippen LogP contribution in [0.4, 0.5) is 0 Å². The van der Waals surface area contributed by atoms with Gasteiger partial charge in [-0.05, 0) is 66.8 Å². The van der Waals surface area contributed by atoms with E-state index in [4.69, 9.17) is 14.5 Å². The third-order valence-corrected chi connectivity index (χ3v) is 5.73. The lowest BCUT2D eigenvalue weighted by molar-refractivity contribution is 0.280. The zero-order valence-electron chi connectivity index (χ0n) is 18.3. The predicted molar refractivity (Wildman–Crippen MR) is 129 cm³/mol. The second-order valence-electron chi connectivity index (χ2n) is 8.12. The van der Waals surface area contributed by atoms with Crippen molar-refractivity contribution in [3.05, 3.63) is 88.5 Å². The van der Waals surface area contributed by atoms with Crippen LogP contribution < -0.4 is 15.0 Å². The first-order valence-corrected chi connectivity index (χ1v) is 10.9.